The molecule has 0 aliphatic heterocycles. The second-order valence-corrected chi connectivity index (χ2v) is 6.29. The highest BCUT2D eigenvalue weighted by atomic mass is 16.5. The van der Waals surface area contributed by atoms with E-state index in [2.05, 4.69) is 30.5 Å². The zero-order valence-corrected chi connectivity index (χ0v) is 12.2. The van der Waals surface area contributed by atoms with Crippen molar-refractivity contribution in [1.29, 1.82) is 0 Å². The van der Waals surface area contributed by atoms with E-state index < -0.39 is 6.04 Å². The normalized spacial score (nSPS) is 21.9. The molecule has 0 radical (unpaired) electrons. The van der Waals surface area contributed by atoms with E-state index in [1.165, 1.54) is 32.8 Å². The van der Waals surface area contributed by atoms with Crippen molar-refractivity contribution in [2.45, 2.75) is 58.0 Å². The fourth-order valence-electron chi connectivity index (χ4n) is 2.62. The van der Waals surface area contributed by atoms with E-state index in [1.807, 2.05) is 0 Å². The van der Waals surface area contributed by atoms with Gasteiger partial charge in [0.2, 0.25) is 0 Å². The Balaban J connectivity index is 2.29. The second-order valence-electron chi connectivity index (χ2n) is 6.29. The third kappa shape index (κ3) is 4.58. The Labute approximate surface area is 111 Å². The summed E-state index contributed by atoms with van der Waals surface area (Å²) in [6.45, 7) is 5.55. The van der Waals surface area contributed by atoms with Gasteiger partial charge in [-0.3, -0.25) is 4.79 Å². The molecule has 1 saturated carbocycles. The smallest absolute Gasteiger partial charge is 0.322 e. The summed E-state index contributed by atoms with van der Waals surface area (Å²) in [4.78, 5) is 13.6. The van der Waals surface area contributed by atoms with Crippen LogP contribution in [0.3, 0.4) is 0 Å². The van der Waals surface area contributed by atoms with Gasteiger partial charge >= 0.3 is 5.97 Å². The molecule has 2 N–H and O–H groups in total. The van der Waals surface area contributed by atoms with E-state index in [0.717, 1.165) is 6.54 Å². The number of carbonyl (C=O) groups excluding carboxylic acids is 1. The maximum atomic E-state index is 11.2. The monoisotopic (exact) mass is 256 g/mol. The van der Waals surface area contributed by atoms with Crippen LogP contribution in [0.1, 0.15) is 46.0 Å². The van der Waals surface area contributed by atoms with Crippen molar-refractivity contribution >= 4 is 5.97 Å². The lowest BCUT2D eigenvalue weighted by Crippen LogP contribution is -2.41. The average Bonchev–Trinajstić information content (AvgIpc) is 2.34. The number of esters is 1. The Morgan fingerprint density at radius 3 is 2.50 bits per heavy atom. The second kappa shape index (κ2) is 6.53. The van der Waals surface area contributed by atoms with Gasteiger partial charge in [-0.1, -0.05) is 13.8 Å². The third-order valence-electron chi connectivity index (χ3n) is 4.23. The molecule has 1 aliphatic carbocycles. The Morgan fingerprint density at radius 2 is 2.00 bits per heavy atom. The molecule has 4 nitrogen and oxygen atoms in total. The minimum atomic E-state index is -0.488. The largest absolute Gasteiger partial charge is 0.468 e. The fraction of sp³-hybridized carbons (Fsp3) is 0.929. The van der Waals surface area contributed by atoms with Crippen LogP contribution in [0.2, 0.25) is 0 Å². The van der Waals surface area contributed by atoms with Crippen LogP contribution < -0.4 is 5.73 Å². The topological polar surface area (TPSA) is 55.6 Å². The molecule has 1 aliphatic rings. The van der Waals surface area contributed by atoms with Gasteiger partial charge in [-0.2, -0.15) is 0 Å². The number of nitrogens with zero attached hydrogens (tertiary/aromatic N) is 1. The summed E-state index contributed by atoms with van der Waals surface area (Å²) >= 11 is 0. The lowest BCUT2D eigenvalue weighted by atomic mass is 9.75. The molecule has 0 saturated heterocycles. The van der Waals surface area contributed by atoms with Crippen LogP contribution in [-0.4, -0.2) is 43.7 Å². The van der Waals surface area contributed by atoms with Crippen LogP contribution in [-0.2, 0) is 9.53 Å². The van der Waals surface area contributed by atoms with Crippen LogP contribution in [0.4, 0.5) is 0 Å². The summed E-state index contributed by atoms with van der Waals surface area (Å²) in [5.74, 6) is -0.312. The number of rotatable bonds is 5. The highest BCUT2D eigenvalue weighted by Gasteiger charge is 2.29. The average molecular weight is 256 g/mol. The molecule has 0 amide bonds. The van der Waals surface area contributed by atoms with Gasteiger partial charge in [-0.15, -0.1) is 0 Å². The molecule has 0 spiro atoms. The van der Waals surface area contributed by atoms with Crippen molar-refractivity contribution in [3.8, 4) is 0 Å². The first-order valence-electron chi connectivity index (χ1n) is 6.89. The zero-order chi connectivity index (χ0) is 13.8. The van der Waals surface area contributed by atoms with Gasteiger partial charge in [0.05, 0.1) is 7.11 Å². The molecule has 0 aromatic rings. The van der Waals surface area contributed by atoms with Gasteiger partial charge in [-0.05, 0) is 44.6 Å². The van der Waals surface area contributed by atoms with Gasteiger partial charge in [0.1, 0.15) is 6.04 Å². The Morgan fingerprint density at radius 1 is 1.44 bits per heavy atom. The molecule has 0 aromatic carbocycles. The van der Waals surface area contributed by atoms with Crippen LogP contribution >= 0.6 is 0 Å². The first-order chi connectivity index (χ1) is 8.35. The summed E-state index contributed by atoms with van der Waals surface area (Å²) in [7, 11) is 3.52. The molecule has 1 unspecified atom stereocenters. The standard InChI is InChI=1S/C14H28N2O2/c1-14(2)8-5-11(6-9-14)16(3)10-7-12(15)13(17)18-4/h11-12H,5-10,15H2,1-4H3. The quantitative estimate of drug-likeness (QED) is 0.762. The minimum absolute atomic E-state index is 0.312. The lowest BCUT2D eigenvalue weighted by molar-refractivity contribution is -0.142. The van der Waals surface area contributed by atoms with Crippen molar-refractivity contribution in [3.05, 3.63) is 0 Å². The van der Waals surface area contributed by atoms with Crippen molar-refractivity contribution in [2.24, 2.45) is 11.1 Å². The SMILES string of the molecule is COC(=O)C(N)CCN(C)C1CCC(C)(C)CC1. The Bertz CT molecular complexity index is 269. The molecule has 106 valence electrons. The van der Waals surface area contributed by atoms with Crippen LogP contribution in [0, 0.1) is 5.41 Å². The number of ether oxygens (including phenoxy) is 1. The first kappa shape index (κ1) is 15.4. The summed E-state index contributed by atoms with van der Waals surface area (Å²) < 4.78 is 4.63. The van der Waals surface area contributed by atoms with E-state index in [9.17, 15) is 4.79 Å². The number of hydrogen-bond donors (Lipinski definition) is 1. The van der Waals surface area contributed by atoms with E-state index in [4.69, 9.17) is 5.73 Å². The van der Waals surface area contributed by atoms with E-state index in [-0.39, 0.29) is 5.97 Å². The third-order valence-corrected chi connectivity index (χ3v) is 4.23. The predicted octanol–water partition coefficient (Wildman–Crippen LogP) is 1.78. The minimum Gasteiger partial charge on any atom is -0.468 e. The van der Waals surface area contributed by atoms with E-state index >= 15 is 0 Å². The maximum absolute atomic E-state index is 11.2. The first-order valence-corrected chi connectivity index (χ1v) is 6.89. The molecule has 18 heavy (non-hydrogen) atoms. The fourth-order valence-corrected chi connectivity index (χ4v) is 2.62. The molecule has 1 atom stereocenters. The van der Waals surface area contributed by atoms with Gasteiger partial charge in [0.25, 0.3) is 0 Å². The van der Waals surface area contributed by atoms with Gasteiger partial charge in [0, 0.05) is 12.6 Å². The molecule has 1 fully saturated rings. The zero-order valence-electron chi connectivity index (χ0n) is 12.2. The van der Waals surface area contributed by atoms with Crippen LogP contribution in [0.15, 0.2) is 0 Å². The molecular formula is C14H28N2O2. The van der Waals surface area contributed by atoms with Gasteiger partial charge in [-0.25, -0.2) is 0 Å². The van der Waals surface area contributed by atoms with Gasteiger partial charge in [0.15, 0.2) is 0 Å². The number of methoxy groups -OCH3 is 1. The molecule has 0 heterocycles. The van der Waals surface area contributed by atoms with Gasteiger partial charge < -0.3 is 15.4 Å². The summed E-state index contributed by atoms with van der Waals surface area (Å²) in [6, 6.07) is 0.153. The number of hydrogen-bond acceptors (Lipinski definition) is 4. The lowest BCUT2D eigenvalue weighted by Gasteiger charge is -2.38. The maximum Gasteiger partial charge on any atom is 0.322 e. The molecule has 0 bridgehead atoms. The highest BCUT2D eigenvalue weighted by molar-refractivity contribution is 5.75. The summed E-state index contributed by atoms with van der Waals surface area (Å²) in [5.41, 5.74) is 6.25. The van der Waals surface area contributed by atoms with E-state index in [1.54, 1.807) is 0 Å². The molecule has 1 rings (SSSR count). The predicted molar refractivity (Wildman–Crippen MR) is 73.3 cm³/mol. The number of nitrogens with two attached hydrogens (primary N) is 1. The van der Waals surface area contributed by atoms with E-state index in [0.29, 0.717) is 17.9 Å². The Hall–Kier alpha value is -0.610. The van der Waals surface area contributed by atoms with Crippen LogP contribution in [0.25, 0.3) is 0 Å². The molecule has 0 aromatic heterocycles. The van der Waals surface area contributed by atoms with Crippen molar-refractivity contribution in [1.82, 2.24) is 4.90 Å². The van der Waals surface area contributed by atoms with Crippen molar-refractivity contribution in [2.75, 3.05) is 20.7 Å². The highest BCUT2D eigenvalue weighted by Crippen LogP contribution is 2.36. The molecular weight excluding hydrogens is 228 g/mol. The Kier molecular flexibility index (Phi) is 5.60. The molecule has 4 heteroatoms. The summed E-state index contributed by atoms with van der Waals surface area (Å²) in [5, 5.41) is 0. The number of carbonyl (C=O) groups is 1. The van der Waals surface area contributed by atoms with Crippen molar-refractivity contribution in [3.63, 3.8) is 0 Å². The van der Waals surface area contributed by atoms with Crippen LogP contribution in [0.5, 0.6) is 0 Å². The van der Waals surface area contributed by atoms with Crippen molar-refractivity contribution < 1.29 is 9.53 Å². The summed E-state index contributed by atoms with van der Waals surface area (Å²) in [6.07, 6.45) is 5.73.